The van der Waals surface area contributed by atoms with Crippen molar-refractivity contribution in [1.29, 1.82) is 0 Å². The van der Waals surface area contributed by atoms with Crippen molar-refractivity contribution in [3.8, 4) is 19.5 Å². The number of hydrogen-bond acceptors (Lipinski definition) is 8. The predicted molar refractivity (Wildman–Crippen MR) is 246 cm³/mol. The molecule has 270 valence electrons. The van der Waals surface area contributed by atoms with E-state index in [2.05, 4.69) is 123 Å². The van der Waals surface area contributed by atoms with Crippen molar-refractivity contribution >= 4 is 119 Å². The number of fused-ring (bicyclic) bond motifs is 8. The van der Waals surface area contributed by atoms with Gasteiger partial charge < -0.3 is 0 Å². The van der Waals surface area contributed by atoms with Gasteiger partial charge in [0.2, 0.25) is 0 Å². The van der Waals surface area contributed by atoms with Crippen LogP contribution in [0.1, 0.15) is 22.3 Å². The van der Waals surface area contributed by atoms with Crippen molar-refractivity contribution in [3.05, 3.63) is 154 Å². The van der Waals surface area contributed by atoms with E-state index in [0.29, 0.717) is 0 Å². The van der Waals surface area contributed by atoms with Crippen LogP contribution in [0.2, 0.25) is 0 Å². The van der Waals surface area contributed by atoms with Gasteiger partial charge in [-0.2, -0.15) is 10.2 Å². The predicted octanol–water partition coefficient (Wildman–Crippen LogP) is 14.2. The Morgan fingerprint density at radius 2 is 0.821 bits per heavy atom. The molecular formula is C48H34N4S4. The number of benzene rings is 5. The summed E-state index contributed by atoms with van der Waals surface area (Å²) in [6.07, 6.45) is 0. The molecule has 11 aromatic rings. The molecule has 11 rings (SSSR count). The van der Waals surface area contributed by atoms with Gasteiger partial charge in [-0.15, -0.1) is 45.3 Å². The molecule has 0 aliphatic rings. The van der Waals surface area contributed by atoms with Gasteiger partial charge >= 0.3 is 0 Å². The first-order valence-corrected chi connectivity index (χ1v) is 21.9. The van der Waals surface area contributed by atoms with E-state index >= 15 is 0 Å². The van der Waals surface area contributed by atoms with Crippen LogP contribution < -0.4 is 21.6 Å². The molecule has 0 spiro atoms. The number of para-hydroxylation sites is 2. The van der Waals surface area contributed by atoms with E-state index in [0.717, 1.165) is 22.1 Å². The number of nitrogens with one attached hydrogen (secondary N) is 2. The van der Waals surface area contributed by atoms with E-state index in [9.17, 15) is 0 Å². The second-order valence-corrected chi connectivity index (χ2v) is 18.9. The van der Waals surface area contributed by atoms with Crippen molar-refractivity contribution < 1.29 is 0 Å². The molecule has 4 heterocycles. The Bertz CT molecular complexity index is 3230. The van der Waals surface area contributed by atoms with Crippen LogP contribution in [0, 0.1) is 27.7 Å². The second kappa shape index (κ2) is 13.0. The Morgan fingerprint density at radius 3 is 1.25 bits per heavy atom. The summed E-state index contributed by atoms with van der Waals surface area (Å²) in [4.78, 5) is 5.12. The summed E-state index contributed by atoms with van der Waals surface area (Å²) in [6, 6.07) is 43.4. The third kappa shape index (κ3) is 5.35. The van der Waals surface area contributed by atoms with Gasteiger partial charge in [0, 0.05) is 70.6 Å². The smallest absolute Gasteiger partial charge is 0.100 e. The summed E-state index contributed by atoms with van der Waals surface area (Å²) in [6.45, 7) is 8.91. The lowest BCUT2D eigenvalue weighted by Crippen LogP contribution is -2.07. The fraction of sp³-hybridized carbons (Fsp3) is 0.0833. The third-order valence-corrected chi connectivity index (χ3v) is 15.8. The minimum atomic E-state index is 0.964. The molecule has 0 aliphatic carbocycles. The van der Waals surface area contributed by atoms with E-state index in [-0.39, 0.29) is 0 Å². The molecule has 2 N–H and O–H groups in total. The molecule has 0 amide bonds. The van der Waals surface area contributed by atoms with Gasteiger partial charge in [-0.25, -0.2) is 0 Å². The second-order valence-electron chi connectivity index (χ2n) is 14.6. The SMILES string of the molecule is Cc1ccc2sc(-c3cc4/c(=N\Nc5ccccc5)c5c(C)c6c(c(C)c5c4s3)/c(=N/Nc3ccccc3)c3cc(-c4cc5cc(C)ccc5s4)sc36)cc2c1. The van der Waals surface area contributed by atoms with Crippen LogP contribution in [0.25, 0.3) is 81.4 Å². The van der Waals surface area contributed by atoms with E-state index in [4.69, 9.17) is 10.2 Å². The molecule has 8 heteroatoms. The minimum absolute atomic E-state index is 0.964. The van der Waals surface area contributed by atoms with E-state index in [1.807, 2.05) is 81.7 Å². The summed E-state index contributed by atoms with van der Waals surface area (Å²) >= 11 is 7.49. The molecule has 0 saturated carbocycles. The maximum absolute atomic E-state index is 5.24. The zero-order valence-electron chi connectivity index (χ0n) is 31.1. The van der Waals surface area contributed by atoms with Crippen molar-refractivity contribution in [3.63, 3.8) is 0 Å². The topological polar surface area (TPSA) is 48.8 Å². The average Bonchev–Trinajstić information content (AvgIpc) is 4.05. The summed E-state index contributed by atoms with van der Waals surface area (Å²) in [5, 5.41) is 22.4. The molecule has 4 aromatic heterocycles. The van der Waals surface area contributed by atoms with Crippen LogP contribution in [-0.2, 0) is 0 Å². The molecule has 0 radical (unpaired) electrons. The van der Waals surface area contributed by atoms with Crippen molar-refractivity contribution in [2.24, 2.45) is 10.2 Å². The van der Waals surface area contributed by atoms with E-state index < -0.39 is 0 Å². The summed E-state index contributed by atoms with van der Waals surface area (Å²) in [5.41, 5.74) is 13.8. The molecular weight excluding hydrogens is 761 g/mol. The number of nitrogens with zero attached hydrogens (tertiary/aromatic N) is 2. The van der Waals surface area contributed by atoms with Crippen LogP contribution in [0.4, 0.5) is 11.4 Å². The summed E-state index contributed by atoms with van der Waals surface area (Å²) in [7, 11) is 0. The lowest BCUT2D eigenvalue weighted by atomic mass is 9.98. The fourth-order valence-electron chi connectivity index (χ4n) is 8.24. The van der Waals surface area contributed by atoms with Gasteiger partial charge in [0.15, 0.2) is 0 Å². The van der Waals surface area contributed by atoms with E-state index in [1.54, 1.807) is 0 Å². The number of rotatable bonds is 6. The van der Waals surface area contributed by atoms with Gasteiger partial charge in [0.1, 0.15) is 10.7 Å². The quantitative estimate of drug-likeness (QED) is 0.165. The highest BCUT2D eigenvalue weighted by Crippen LogP contribution is 2.48. The lowest BCUT2D eigenvalue weighted by molar-refractivity contribution is 1.25. The van der Waals surface area contributed by atoms with Crippen LogP contribution >= 0.6 is 45.3 Å². The van der Waals surface area contributed by atoms with Crippen LogP contribution in [0.5, 0.6) is 0 Å². The standard InChI is InChI=1S/C48H34N4S4/c1-25-15-17-35-29(19-25)21-37(53-35)39-23-33-45(51-49-31-11-7-5-8-12-31)41-28(4)44-42(27(3)43(41)47(33)55-39)46(52-50-32-13-9-6-10-14-32)34-24-40(56-48(34)44)38-22-30-20-26(2)16-18-36(30)54-38/h5-24,49-50H,1-4H3/b51-45+,52-46+. The Morgan fingerprint density at radius 1 is 0.411 bits per heavy atom. The first-order valence-electron chi connectivity index (χ1n) is 18.6. The molecule has 0 bridgehead atoms. The highest BCUT2D eigenvalue weighted by molar-refractivity contribution is 7.29. The Balaban J connectivity index is 1.21. The summed E-state index contributed by atoms with van der Waals surface area (Å²) in [5.74, 6) is 0. The molecule has 0 fully saturated rings. The van der Waals surface area contributed by atoms with Gasteiger partial charge in [-0.3, -0.25) is 10.9 Å². The zero-order valence-corrected chi connectivity index (χ0v) is 34.3. The third-order valence-electron chi connectivity index (χ3n) is 10.9. The van der Waals surface area contributed by atoms with Gasteiger partial charge in [0.25, 0.3) is 0 Å². The highest BCUT2D eigenvalue weighted by Gasteiger charge is 2.25. The normalized spacial score (nSPS) is 12.9. The zero-order chi connectivity index (χ0) is 37.7. The van der Waals surface area contributed by atoms with Crippen LogP contribution in [-0.4, -0.2) is 0 Å². The Labute approximate surface area is 339 Å². The molecule has 0 saturated heterocycles. The highest BCUT2D eigenvalue weighted by atomic mass is 32.1. The number of hydrogen-bond donors (Lipinski definition) is 2. The van der Waals surface area contributed by atoms with Gasteiger partial charge in [-0.05, 0) is 110 Å². The minimum Gasteiger partial charge on any atom is -0.278 e. The van der Waals surface area contributed by atoms with Crippen LogP contribution in [0.3, 0.4) is 0 Å². The molecule has 7 aromatic carbocycles. The fourth-order valence-corrected chi connectivity index (χ4v) is 13.0. The van der Waals surface area contributed by atoms with E-state index in [1.165, 1.54) is 104 Å². The van der Waals surface area contributed by atoms with Crippen molar-refractivity contribution in [2.45, 2.75) is 27.7 Å². The maximum atomic E-state index is 5.24. The van der Waals surface area contributed by atoms with Crippen molar-refractivity contribution in [2.75, 3.05) is 10.9 Å². The molecule has 0 unspecified atom stereocenters. The number of aryl methyl sites for hydroxylation is 4. The first kappa shape index (κ1) is 33.7. The number of thiophene rings is 4. The molecule has 4 nitrogen and oxygen atoms in total. The van der Waals surface area contributed by atoms with Crippen molar-refractivity contribution in [1.82, 2.24) is 0 Å². The molecule has 56 heavy (non-hydrogen) atoms. The summed E-state index contributed by atoms with van der Waals surface area (Å²) < 4.78 is 5.17. The monoisotopic (exact) mass is 794 g/mol. The Kier molecular flexibility index (Phi) is 7.80. The Hall–Kier alpha value is -5.64. The van der Waals surface area contributed by atoms with Gasteiger partial charge in [0.05, 0.1) is 11.4 Å². The first-order chi connectivity index (χ1) is 27.4. The molecule has 0 atom stereocenters. The largest absolute Gasteiger partial charge is 0.278 e. The maximum Gasteiger partial charge on any atom is 0.100 e. The number of anilines is 2. The average molecular weight is 795 g/mol. The lowest BCUT2D eigenvalue weighted by Gasteiger charge is -2.08. The van der Waals surface area contributed by atoms with Gasteiger partial charge in [-0.1, -0.05) is 71.8 Å². The van der Waals surface area contributed by atoms with Crippen LogP contribution in [0.15, 0.2) is 132 Å². The molecule has 0 aliphatic heterocycles.